The predicted molar refractivity (Wildman–Crippen MR) is 349 cm³/mol. The number of ether oxygens (including phenoxy) is 2. The molecule has 2 atom stereocenters. The molecule has 0 aliphatic carbocycles. The first-order valence-electron chi connectivity index (χ1n) is 35.1. The molecular weight excluding hydrogens is 1030 g/mol. The maximum atomic E-state index is 12.8. The summed E-state index contributed by atoms with van der Waals surface area (Å²) in [7, 11) is -4.39. The lowest BCUT2D eigenvalue weighted by Crippen LogP contribution is -2.29. The molecule has 0 aromatic heterocycles. The van der Waals surface area contributed by atoms with Crippen molar-refractivity contribution >= 4 is 19.8 Å². The summed E-state index contributed by atoms with van der Waals surface area (Å²) in [6, 6.07) is 0. The Kier molecular flexibility index (Phi) is 65.4. The second-order valence-corrected chi connectivity index (χ2v) is 25.2. The van der Waals surface area contributed by atoms with E-state index in [2.05, 4.69) is 62.5 Å². The second kappa shape index (κ2) is 67.1. The van der Waals surface area contributed by atoms with Crippen LogP contribution in [-0.4, -0.2) is 49.3 Å². The minimum Gasteiger partial charge on any atom is -0.462 e. The maximum absolute atomic E-state index is 12.8. The van der Waals surface area contributed by atoms with Gasteiger partial charge >= 0.3 is 19.8 Å². The van der Waals surface area contributed by atoms with Gasteiger partial charge in [0.15, 0.2) is 6.10 Å². The molecule has 0 fully saturated rings. The molecule has 0 spiro atoms. The maximum Gasteiger partial charge on any atom is 0.472 e. The lowest BCUT2D eigenvalue weighted by molar-refractivity contribution is -0.161. The smallest absolute Gasteiger partial charge is 0.462 e. The number of rotatable bonds is 67. The SMILES string of the molecule is CCCCCCC/C=C\C/C=C\C/C=C\CCCCCCCCCCCCCCCCC(=O)OC(COC(=O)CCCCCCCCCCCCCCCCCCCCC/C=C\CCCCCCCCCC)COP(=O)(O)OCCN. The summed E-state index contributed by atoms with van der Waals surface area (Å²) in [4.78, 5) is 35.4. The van der Waals surface area contributed by atoms with Gasteiger partial charge in [0.2, 0.25) is 0 Å². The van der Waals surface area contributed by atoms with E-state index < -0.39 is 26.5 Å². The molecule has 0 aromatic rings. The van der Waals surface area contributed by atoms with Crippen molar-refractivity contribution in [1.29, 1.82) is 0 Å². The summed E-state index contributed by atoms with van der Waals surface area (Å²) in [5.41, 5.74) is 5.40. The lowest BCUT2D eigenvalue weighted by atomic mass is 10.0. The van der Waals surface area contributed by atoms with Crippen LogP contribution in [0.15, 0.2) is 48.6 Å². The minimum absolute atomic E-state index is 0.0544. The van der Waals surface area contributed by atoms with Crippen molar-refractivity contribution in [3.8, 4) is 0 Å². The molecule has 0 saturated heterocycles. The van der Waals surface area contributed by atoms with Gasteiger partial charge in [-0.3, -0.25) is 18.6 Å². The second-order valence-electron chi connectivity index (χ2n) is 23.7. The Balaban J connectivity index is 3.84. The van der Waals surface area contributed by atoms with E-state index in [0.717, 1.165) is 51.4 Å². The zero-order chi connectivity index (χ0) is 58.7. The first-order valence-corrected chi connectivity index (χ1v) is 36.6. The Morgan fingerprint density at radius 1 is 0.370 bits per heavy atom. The van der Waals surface area contributed by atoms with Crippen LogP contribution in [0.4, 0.5) is 0 Å². The molecule has 476 valence electrons. The molecule has 3 N–H and O–H groups in total. The molecule has 0 saturated carbocycles. The number of carbonyl (C=O) groups is 2. The third-order valence-electron chi connectivity index (χ3n) is 15.7. The summed E-state index contributed by atoms with van der Waals surface area (Å²) in [6.45, 7) is 3.79. The number of phosphoric acid groups is 1. The van der Waals surface area contributed by atoms with Gasteiger partial charge in [-0.1, -0.05) is 319 Å². The van der Waals surface area contributed by atoms with Gasteiger partial charge in [0.1, 0.15) is 6.61 Å². The fourth-order valence-electron chi connectivity index (χ4n) is 10.5. The van der Waals surface area contributed by atoms with Crippen LogP contribution >= 0.6 is 7.82 Å². The topological polar surface area (TPSA) is 134 Å². The molecule has 10 heteroatoms. The number of allylic oxidation sites excluding steroid dienone is 8. The third-order valence-corrected chi connectivity index (χ3v) is 16.7. The number of carbonyl (C=O) groups excluding carboxylic acids is 2. The number of nitrogens with two attached hydrogens (primary N) is 1. The van der Waals surface area contributed by atoms with Crippen LogP contribution in [-0.2, 0) is 32.7 Å². The first-order chi connectivity index (χ1) is 39.8. The molecule has 9 nitrogen and oxygen atoms in total. The summed E-state index contributed by atoms with van der Waals surface area (Å²) in [5, 5.41) is 0. The van der Waals surface area contributed by atoms with Crippen molar-refractivity contribution in [2.45, 2.75) is 367 Å². The van der Waals surface area contributed by atoms with Crippen molar-refractivity contribution in [3.05, 3.63) is 48.6 Å². The predicted octanol–water partition coefficient (Wildman–Crippen LogP) is 22.9. The van der Waals surface area contributed by atoms with E-state index in [9.17, 15) is 19.0 Å². The lowest BCUT2D eigenvalue weighted by Gasteiger charge is -2.19. The molecule has 81 heavy (non-hydrogen) atoms. The molecule has 0 aliphatic rings. The van der Waals surface area contributed by atoms with E-state index in [1.807, 2.05) is 0 Å². The highest BCUT2D eigenvalue weighted by Crippen LogP contribution is 2.43. The highest BCUT2D eigenvalue weighted by atomic mass is 31.2. The van der Waals surface area contributed by atoms with Crippen LogP contribution in [0.3, 0.4) is 0 Å². The highest BCUT2D eigenvalue weighted by Gasteiger charge is 2.26. The molecule has 0 heterocycles. The zero-order valence-corrected chi connectivity index (χ0v) is 54.4. The standard InChI is InChI=1S/C71H134NO8P/c1-3-5-7-9-11-13-15-17-19-21-23-25-27-29-31-33-34-36-37-39-41-43-45-47-49-51-53-55-57-59-61-63-70(73)77-67-69(68-79-81(75,76)78-66-65-72)80-71(74)64-62-60-58-56-54-52-50-48-46-44-42-40-38-35-32-30-28-26-24-22-20-18-16-14-12-10-8-6-4-2/h16,18,21-24,28,30,69H,3-15,17,19-20,25-27,29,31-68,72H2,1-2H3,(H,75,76)/b18-16-,23-21-,24-22-,30-28-. The Hall–Kier alpha value is -2.03. The fourth-order valence-corrected chi connectivity index (χ4v) is 11.2. The first kappa shape index (κ1) is 79.0. The summed E-state index contributed by atoms with van der Waals surface area (Å²) < 4.78 is 33.2. The van der Waals surface area contributed by atoms with Crippen molar-refractivity contribution in [1.82, 2.24) is 0 Å². The van der Waals surface area contributed by atoms with Crippen molar-refractivity contribution < 1.29 is 37.6 Å². The zero-order valence-electron chi connectivity index (χ0n) is 53.5. The third kappa shape index (κ3) is 67.0. The molecule has 0 aliphatic heterocycles. The molecule has 0 amide bonds. The van der Waals surface area contributed by atoms with E-state index in [4.69, 9.17) is 24.3 Å². The van der Waals surface area contributed by atoms with Crippen LogP contribution < -0.4 is 5.73 Å². The van der Waals surface area contributed by atoms with E-state index in [0.29, 0.717) is 6.42 Å². The fraction of sp³-hybridized carbons (Fsp3) is 0.859. The molecule has 0 aromatic carbocycles. The van der Waals surface area contributed by atoms with E-state index in [1.165, 1.54) is 276 Å². The number of esters is 2. The number of hydrogen-bond acceptors (Lipinski definition) is 8. The Bertz CT molecular complexity index is 1470. The van der Waals surface area contributed by atoms with Crippen LogP contribution in [0.2, 0.25) is 0 Å². The van der Waals surface area contributed by atoms with Gasteiger partial charge in [-0.2, -0.15) is 0 Å². The quantitative estimate of drug-likeness (QED) is 0.0264. The van der Waals surface area contributed by atoms with E-state index in [-0.39, 0.29) is 38.6 Å². The monoisotopic (exact) mass is 1160 g/mol. The number of unbranched alkanes of at least 4 members (excludes halogenated alkanes) is 46. The van der Waals surface area contributed by atoms with Gasteiger partial charge in [-0.25, -0.2) is 4.57 Å². The van der Waals surface area contributed by atoms with Gasteiger partial charge < -0.3 is 20.1 Å². The highest BCUT2D eigenvalue weighted by molar-refractivity contribution is 7.47. The average Bonchev–Trinajstić information content (AvgIpc) is 3.46. The normalized spacial score (nSPS) is 13.2. The summed E-state index contributed by atoms with van der Waals surface area (Å²) in [5.74, 6) is -0.810. The van der Waals surface area contributed by atoms with Crippen molar-refractivity contribution in [3.63, 3.8) is 0 Å². The van der Waals surface area contributed by atoms with Gasteiger partial charge in [0, 0.05) is 19.4 Å². The van der Waals surface area contributed by atoms with Gasteiger partial charge in [-0.15, -0.1) is 0 Å². The van der Waals surface area contributed by atoms with Crippen molar-refractivity contribution in [2.24, 2.45) is 5.73 Å². The Morgan fingerprint density at radius 3 is 0.963 bits per heavy atom. The summed E-state index contributed by atoms with van der Waals surface area (Å²) >= 11 is 0. The van der Waals surface area contributed by atoms with Crippen molar-refractivity contribution in [2.75, 3.05) is 26.4 Å². The van der Waals surface area contributed by atoms with Crippen LogP contribution in [0.5, 0.6) is 0 Å². The number of phosphoric ester groups is 1. The molecule has 0 bridgehead atoms. The molecule has 0 radical (unpaired) electrons. The van der Waals surface area contributed by atoms with Crippen LogP contribution in [0.25, 0.3) is 0 Å². The van der Waals surface area contributed by atoms with Gasteiger partial charge in [-0.05, 0) is 77.0 Å². The summed E-state index contributed by atoms with van der Waals surface area (Å²) in [6.07, 6.45) is 84.9. The average molecular weight is 1160 g/mol. The van der Waals surface area contributed by atoms with E-state index in [1.54, 1.807) is 0 Å². The Labute approximate surface area is 502 Å². The van der Waals surface area contributed by atoms with E-state index >= 15 is 0 Å². The van der Waals surface area contributed by atoms with Crippen LogP contribution in [0.1, 0.15) is 361 Å². The molecule has 0 rings (SSSR count). The van der Waals surface area contributed by atoms with Crippen LogP contribution in [0, 0.1) is 0 Å². The van der Waals surface area contributed by atoms with Gasteiger partial charge in [0.25, 0.3) is 0 Å². The molecule has 2 unspecified atom stereocenters. The number of hydrogen-bond donors (Lipinski definition) is 2. The minimum atomic E-state index is -4.39. The largest absolute Gasteiger partial charge is 0.472 e. The Morgan fingerprint density at radius 2 is 0.642 bits per heavy atom. The molecular formula is C71H134NO8P. The van der Waals surface area contributed by atoms with Gasteiger partial charge in [0.05, 0.1) is 13.2 Å².